The first-order valence-electron chi connectivity index (χ1n) is 8.03. The summed E-state index contributed by atoms with van der Waals surface area (Å²) < 4.78 is 23.1. The summed E-state index contributed by atoms with van der Waals surface area (Å²) in [6.45, 7) is 6.24. The van der Waals surface area contributed by atoms with Crippen molar-refractivity contribution in [2.24, 2.45) is 5.92 Å². The Kier molecular flexibility index (Phi) is 5.49. The molecular formula is C15H30N2O2S. The van der Waals surface area contributed by atoms with E-state index in [0.29, 0.717) is 12.1 Å². The zero-order chi connectivity index (χ0) is 14.8. The van der Waals surface area contributed by atoms with Crippen LogP contribution in [0, 0.1) is 5.92 Å². The van der Waals surface area contributed by atoms with Crippen LogP contribution in [0.1, 0.15) is 46.0 Å². The molecule has 0 amide bonds. The molecule has 1 saturated carbocycles. The lowest BCUT2D eigenvalue weighted by Crippen LogP contribution is -2.61. The summed E-state index contributed by atoms with van der Waals surface area (Å²) in [4.78, 5) is 2.40. The van der Waals surface area contributed by atoms with E-state index >= 15 is 0 Å². The van der Waals surface area contributed by atoms with E-state index in [2.05, 4.69) is 24.1 Å². The molecule has 0 aromatic rings. The SMILES string of the molecule is CC1CNC(C2CCCCC2)CN1C(C)CS(C)(=O)=O. The van der Waals surface area contributed by atoms with E-state index in [9.17, 15) is 8.42 Å². The van der Waals surface area contributed by atoms with Gasteiger partial charge in [-0.15, -0.1) is 0 Å². The van der Waals surface area contributed by atoms with Crippen molar-refractivity contribution >= 4 is 9.84 Å². The quantitative estimate of drug-likeness (QED) is 0.858. The summed E-state index contributed by atoms with van der Waals surface area (Å²) in [6.07, 6.45) is 8.11. The summed E-state index contributed by atoms with van der Waals surface area (Å²) in [7, 11) is -2.90. The number of rotatable bonds is 4. The highest BCUT2D eigenvalue weighted by Gasteiger charge is 2.33. The van der Waals surface area contributed by atoms with Gasteiger partial charge in [-0.05, 0) is 32.6 Å². The van der Waals surface area contributed by atoms with Gasteiger partial charge in [-0.3, -0.25) is 4.90 Å². The van der Waals surface area contributed by atoms with E-state index in [1.165, 1.54) is 38.4 Å². The lowest BCUT2D eigenvalue weighted by atomic mass is 9.82. The number of hydrogen-bond donors (Lipinski definition) is 1. The van der Waals surface area contributed by atoms with Crippen LogP contribution < -0.4 is 5.32 Å². The van der Waals surface area contributed by atoms with Crippen molar-refractivity contribution < 1.29 is 8.42 Å². The minimum Gasteiger partial charge on any atom is -0.311 e. The van der Waals surface area contributed by atoms with Crippen LogP contribution in [-0.4, -0.2) is 56.5 Å². The highest BCUT2D eigenvalue weighted by atomic mass is 32.2. The Balaban J connectivity index is 1.96. The number of hydrogen-bond acceptors (Lipinski definition) is 4. The molecule has 1 N–H and O–H groups in total. The van der Waals surface area contributed by atoms with Crippen LogP contribution in [0.3, 0.4) is 0 Å². The zero-order valence-electron chi connectivity index (χ0n) is 13.1. The average Bonchev–Trinajstić information content (AvgIpc) is 2.38. The molecule has 1 saturated heterocycles. The average molecular weight is 302 g/mol. The van der Waals surface area contributed by atoms with Gasteiger partial charge >= 0.3 is 0 Å². The normalized spacial score (nSPS) is 32.1. The van der Waals surface area contributed by atoms with E-state index < -0.39 is 9.84 Å². The Bertz CT molecular complexity index is 404. The fourth-order valence-electron chi connectivity index (χ4n) is 3.91. The molecule has 3 unspecified atom stereocenters. The highest BCUT2D eigenvalue weighted by Crippen LogP contribution is 2.29. The van der Waals surface area contributed by atoms with Crippen LogP contribution in [0.2, 0.25) is 0 Å². The second-order valence-electron chi connectivity index (χ2n) is 6.90. The minimum absolute atomic E-state index is 0.119. The number of nitrogens with one attached hydrogen (secondary N) is 1. The molecule has 2 fully saturated rings. The largest absolute Gasteiger partial charge is 0.311 e. The molecule has 0 aromatic carbocycles. The van der Waals surface area contributed by atoms with Crippen molar-refractivity contribution in [1.82, 2.24) is 10.2 Å². The summed E-state index contributed by atoms with van der Waals surface area (Å²) in [6, 6.07) is 1.09. The first-order valence-corrected chi connectivity index (χ1v) is 10.1. The smallest absolute Gasteiger partial charge is 0.148 e. The molecule has 2 rings (SSSR count). The summed E-state index contributed by atoms with van der Waals surface area (Å²) >= 11 is 0. The van der Waals surface area contributed by atoms with E-state index in [0.717, 1.165) is 19.0 Å². The Morgan fingerprint density at radius 2 is 1.90 bits per heavy atom. The van der Waals surface area contributed by atoms with Gasteiger partial charge in [-0.25, -0.2) is 8.42 Å². The monoisotopic (exact) mass is 302 g/mol. The maximum absolute atomic E-state index is 11.5. The second kappa shape index (κ2) is 6.75. The van der Waals surface area contributed by atoms with Gasteiger partial charge in [-0.2, -0.15) is 0 Å². The van der Waals surface area contributed by atoms with Gasteiger partial charge in [-0.1, -0.05) is 19.3 Å². The topological polar surface area (TPSA) is 49.4 Å². The van der Waals surface area contributed by atoms with Crippen molar-refractivity contribution in [3.63, 3.8) is 0 Å². The van der Waals surface area contributed by atoms with Crippen molar-refractivity contribution in [2.45, 2.75) is 64.1 Å². The van der Waals surface area contributed by atoms with Crippen LogP contribution in [0.4, 0.5) is 0 Å². The third kappa shape index (κ3) is 4.43. The molecule has 118 valence electrons. The van der Waals surface area contributed by atoms with Crippen LogP contribution in [0.5, 0.6) is 0 Å². The van der Waals surface area contributed by atoms with Crippen molar-refractivity contribution in [3.05, 3.63) is 0 Å². The van der Waals surface area contributed by atoms with Crippen LogP contribution in [-0.2, 0) is 9.84 Å². The van der Waals surface area contributed by atoms with Crippen LogP contribution in [0.25, 0.3) is 0 Å². The number of sulfone groups is 1. The van der Waals surface area contributed by atoms with Gasteiger partial charge in [0.25, 0.3) is 0 Å². The third-order valence-electron chi connectivity index (χ3n) is 4.98. The lowest BCUT2D eigenvalue weighted by molar-refractivity contribution is 0.0795. The molecule has 5 heteroatoms. The molecular weight excluding hydrogens is 272 g/mol. The maximum atomic E-state index is 11.5. The van der Waals surface area contributed by atoms with Gasteiger partial charge in [0.15, 0.2) is 0 Å². The van der Waals surface area contributed by atoms with Gasteiger partial charge in [0.05, 0.1) is 5.75 Å². The number of piperazine rings is 1. The molecule has 0 radical (unpaired) electrons. The first-order chi connectivity index (χ1) is 9.37. The molecule has 4 nitrogen and oxygen atoms in total. The van der Waals surface area contributed by atoms with Crippen molar-refractivity contribution in [3.8, 4) is 0 Å². The fraction of sp³-hybridized carbons (Fsp3) is 1.00. The molecule has 20 heavy (non-hydrogen) atoms. The Hall–Kier alpha value is -0.130. The predicted octanol–water partition coefficient (Wildman–Crippen LogP) is 1.66. The van der Waals surface area contributed by atoms with E-state index in [1.54, 1.807) is 0 Å². The van der Waals surface area contributed by atoms with Crippen LogP contribution in [0.15, 0.2) is 0 Å². The maximum Gasteiger partial charge on any atom is 0.148 e. The fourth-order valence-corrected chi connectivity index (χ4v) is 4.98. The zero-order valence-corrected chi connectivity index (χ0v) is 14.0. The Morgan fingerprint density at radius 3 is 2.50 bits per heavy atom. The van der Waals surface area contributed by atoms with E-state index in [-0.39, 0.29) is 11.8 Å². The summed E-state index contributed by atoms with van der Waals surface area (Å²) in [5.41, 5.74) is 0. The highest BCUT2D eigenvalue weighted by molar-refractivity contribution is 7.90. The lowest BCUT2D eigenvalue weighted by Gasteiger charge is -2.45. The first kappa shape index (κ1) is 16.2. The molecule has 1 heterocycles. The number of nitrogens with zero attached hydrogens (tertiary/aromatic N) is 1. The third-order valence-corrected chi connectivity index (χ3v) is 6.07. The molecule has 0 spiro atoms. The van der Waals surface area contributed by atoms with E-state index in [1.807, 2.05) is 0 Å². The van der Waals surface area contributed by atoms with Crippen molar-refractivity contribution in [1.29, 1.82) is 0 Å². The summed E-state index contributed by atoms with van der Waals surface area (Å²) in [5.74, 6) is 1.05. The van der Waals surface area contributed by atoms with E-state index in [4.69, 9.17) is 0 Å². The minimum atomic E-state index is -2.90. The molecule has 1 aliphatic heterocycles. The van der Waals surface area contributed by atoms with Gasteiger partial charge in [0.2, 0.25) is 0 Å². The van der Waals surface area contributed by atoms with Gasteiger partial charge in [0.1, 0.15) is 9.84 Å². The van der Waals surface area contributed by atoms with Crippen molar-refractivity contribution in [2.75, 3.05) is 25.1 Å². The van der Waals surface area contributed by atoms with Gasteiger partial charge in [0, 0.05) is 37.5 Å². The van der Waals surface area contributed by atoms with Gasteiger partial charge < -0.3 is 5.32 Å². The molecule has 3 atom stereocenters. The second-order valence-corrected chi connectivity index (χ2v) is 9.08. The standard InChI is InChI=1S/C15H30N2O2S/c1-12-9-16-15(14-7-5-4-6-8-14)10-17(12)13(2)11-20(3,18)19/h12-16H,4-11H2,1-3H3. The molecule has 0 aromatic heterocycles. The predicted molar refractivity (Wildman–Crippen MR) is 83.7 cm³/mol. The Morgan fingerprint density at radius 1 is 1.25 bits per heavy atom. The summed E-state index contributed by atoms with van der Waals surface area (Å²) in [5, 5.41) is 3.70. The molecule has 0 bridgehead atoms. The molecule has 1 aliphatic carbocycles. The Labute approximate surface area is 124 Å². The molecule has 2 aliphatic rings. The van der Waals surface area contributed by atoms with Crippen LogP contribution >= 0.6 is 0 Å².